The van der Waals surface area contributed by atoms with Gasteiger partial charge >= 0.3 is 0 Å². The molecule has 1 aromatic heterocycles. The van der Waals surface area contributed by atoms with Gasteiger partial charge in [0.1, 0.15) is 11.6 Å². The summed E-state index contributed by atoms with van der Waals surface area (Å²) in [5.74, 6) is 0.256. The molecular formula is C14H15FN4O. The first-order chi connectivity index (χ1) is 9.70. The van der Waals surface area contributed by atoms with E-state index >= 15 is 0 Å². The number of halogens is 1. The van der Waals surface area contributed by atoms with Crippen LogP contribution >= 0.6 is 0 Å². The molecule has 3 rings (SSSR count). The highest BCUT2D eigenvalue weighted by molar-refractivity contribution is 5.99. The van der Waals surface area contributed by atoms with Crippen LogP contribution < -0.4 is 5.32 Å². The van der Waals surface area contributed by atoms with Gasteiger partial charge in [-0.1, -0.05) is 6.07 Å². The molecule has 6 heteroatoms. The molecule has 0 fully saturated rings. The number of nitrogens with one attached hydrogen (secondary N) is 1. The lowest BCUT2D eigenvalue weighted by Gasteiger charge is -2.28. The van der Waals surface area contributed by atoms with Gasteiger partial charge in [0.25, 0.3) is 5.91 Å². The molecule has 1 amide bonds. The molecule has 2 heterocycles. The highest BCUT2D eigenvalue weighted by atomic mass is 19.1. The molecule has 0 saturated heterocycles. The number of nitrogens with zero attached hydrogens (tertiary/aromatic N) is 3. The van der Waals surface area contributed by atoms with Gasteiger partial charge in [-0.3, -0.25) is 4.79 Å². The van der Waals surface area contributed by atoms with Crippen molar-refractivity contribution in [2.45, 2.75) is 13.1 Å². The molecule has 1 N–H and O–H groups in total. The Balaban J connectivity index is 1.89. The lowest BCUT2D eigenvalue weighted by atomic mass is 10.1. The van der Waals surface area contributed by atoms with Gasteiger partial charge in [-0.25, -0.2) is 9.37 Å². The molecule has 0 radical (unpaired) electrons. The third-order valence-corrected chi connectivity index (χ3v) is 3.53. The van der Waals surface area contributed by atoms with E-state index < -0.39 is 5.82 Å². The quantitative estimate of drug-likeness (QED) is 0.907. The normalized spacial score (nSPS) is 14.0. The fourth-order valence-corrected chi connectivity index (χ4v) is 2.47. The second-order valence-corrected chi connectivity index (χ2v) is 4.68. The van der Waals surface area contributed by atoms with Crippen molar-refractivity contribution in [1.82, 2.24) is 14.5 Å². The van der Waals surface area contributed by atoms with Crippen LogP contribution in [0.1, 0.15) is 16.2 Å². The summed E-state index contributed by atoms with van der Waals surface area (Å²) in [6.07, 6.45) is 3.63. The first kappa shape index (κ1) is 12.7. The SMILES string of the molecule is CNc1c(F)cccc1C(=O)N1CCn2ccnc2C1. The Morgan fingerprint density at radius 1 is 1.40 bits per heavy atom. The molecule has 0 aliphatic carbocycles. The second-order valence-electron chi connectivity index (χ2n) is 4.68. The zero-order valence-electron chi connectivity index (χ0n) is 11.1. The van der Waals surface area contributed by atoms with Gasteiger partial charge < -0.3 is 14.8 Å². The molecule has 1 aliphatic heterocycles. The number of carbonyl (C=O) groups excluding carboxylic acids is 1. The van der Waals surface area contributed by atoms with Crippen LogP contribution in [0.15, 0.2) is 30.6 Å². The maximum Gasteiger partial charge on any atom is 0.256 e. The van der Waals surface area contributed by atoms with E-state index in [-0.39, 0.29) is 11.6 Å². The molecule has 5 nitrogen and oxygen atoms in total. The maximum atomic E-state index is 13.7. The summed E-state index contributed by atoms with van der Waals surface area (Å²) in [6.45, 7) is 1.76. The van der Waals surface area contributed by atoms with Crippen molar-refractivity contribution >= 4 is 11.6 Å². The minimum Gasteiger partial charge on any atom is -0.385 e. The number of carbonyl (C=O) groups is 1. The van der Waals surface area contributed by atoms with Crippen molar-refractivity contribution in [3.8, 4) is 0 Å². The van der Waals surface area contributed by atoms with Crippen LogP contribution in [0.3, 0.4) is 0 Å². The summed E-state index contributed by atoms with van der Waals surface area (Å²) in [5, 5.41) is 2.75. The molecule has 0 atom stereocenters. The standard InChI is InChI=1S/C14H15FN4O/c1-16-13-10(3-2-4-11(13)15)14(20)19-8-7-18-6-5-17-12(18)9-19/h2-6,16H,7-9H2,1H3. The van der Waals surface area contributed by atoms with Crippen LogP contribution in [0.5, 0.6) is 0 Å². The molecular weight excluding hydrogens is 259 g/mol. The highest BCUT2D eigenvalue weighted by Crippen LogP contribution is 2.22. The highest BCUT2D eigenvalue weighted by Gasteiger charge is 2.24. The van der Waals surface area contributed by atoms with Crippen LogP contribution in [-0.2, 0) is 13.1 Å². The third-order valence-electron chi connectivity index (χ3n) is 3.53. The Labute approximate surface area is 116 Å². The maximum absolute atomic E-state index is 13.7. The summed E-state index contributed by atoms with van der Waals surface area (Å²) < 4.78 is 15.7. The van der Waals surface area contributed by atoms with Crippen molar-refractivity contribution in [2.75, 3.05) is 18.9 Å². The van der Waals surface area contributed by atoms with Gasteiger partial charge in [-0.2, -0.15) is 0 Å². The van der Waals surface area contributed by atoms with E-state index in [1.807, 2.05) is 10.8 Å². The fourth-order valence-electron chi connectivity index (χ4n) is 2.47. The van der Waals surface area contributed by atoms with E-state index in [0.29, 0.717) is 25.2 Å². The average Bonchev–Trinajstić information content (AvgIpc) is 2.93. The van der Waals surface area contributed by atoms with Crippen molar-refractivity contribution in [3.63, 3.8) is 0 Å². The van der Waals surface area contributed by atoms with Gasteiger partial charge in [0.2, 0.25) is 0 Å². The fraction of sp³-hybridized carbons (Fsp3) is 0.286. The Bertz CT molecular complexity index is 652. The number of imidazole rings is 1. The van der Waals surface area contributed by atoms with Gasteiger partial charge in [0, 0.05) is 32.5 Å². The monoisotopic (exact) mass is 274 g/mol. The lowest BCUT2D eigenvalue weighted by Crippen LogP contribution is -2.38. The molecule has 0 spiro atoms. The largest absolute Gasteiger partial charge is 0.385 e. The molecule has 20 heavy (non-hydrogen) atoms. The molecule has 0 bridgehead atoms. The van der Waals surface area contributed by atoms with E-state index in [0.717, 1.165) is 5.82 Å². The van der Waals surface area contributed by atoms with E-state index in [9.17, 15) is 9.18 Å². The van der Waals surface area contributed by atoms with Gasteiger partial charge in [0.05, 0.1) is 17.8 Å². The average molecular weight is 274 g/mol. The predicted octanol–water partition coefficient (Wildman–Crippen LogP) is 1.72. The van der Waals surface area contributed by atoms with Crippen molar-refractivity contribution < 1.29 is 9.18 Å². The number of hydrogen-bond acceptors (Lipinski definition) is 3. The molecule has 104 valence electrons. The predicted molar refractivity (Wildman–Crippen MR) is 72.9 cm³/mol. The molecule has 2 aromatic rings. The number of hydrogen-bond donors (Lipinski definition) is 1. The zero-order valence-corrected chi connectivity index (χ0v) is 11.1. The van der Waals surface area contributed by atoms with Gasteiger partial charge in [-0.15, -0.1) is 0 Å². The van der Waals surface area contributed by atoms with Crippen LogP contribution in [0.4, 0.5) is 10.1 Å². The summed E-state index contributed by atoms with van der Waals surface area (Å²) >= 11 is 0. The van der Waals surface area contributed by atoms with Crippen molar-refractivity contribution in [2.24, 2.45) is 0 Å². The topological polar surface area (TPSA) is 50.2 Å². The minimum absolute atomic E-state index is 0.178. The van der Waals surface area contributed by atoms with Crippen LogP contribution in [0.25, 0.3) is 0 Å². The molecule has 0 saturated carbocycles. The first-order valence-corrected chi connectivity index (χ1v) is 6.46. The lowest BCUT2D eigenvalue weighted by molar-refractivity contribution is 0.0708. The summed E-state index contributed by atoms with van der Waals surface area (Å²) in [5.41, 5.74) is 0.596. The second kappa shape index (κ2) is 4.96. The number of benzene rings is 1. The number of para-hydroxylation sites is 1. The van der Waals surface area contributed by atoms with Crippen LogP contribution in [0, 0.1) is 5.82 Å². The van der Waals surface area contributed by atoms with Crippen molar-refractivity contribution in [1.29, 1.82) is 0 Å². The number of amides is 1. The Hall–Kier alpha value is -2.37. The molecule has 1 aromatic carbocycles. The molecule has 0 unspecified atom stereocenters. The number of fused-ring (bicyclic) bond motifs is 1. The van der Waals surface area contributed by atoms with E-state index in [1.54, 1.807) is 30.3 Å². The summed E-state index contributed by atoms with van der Waals surface area (Å²) in [4.78, 5) is 18.5. The van der Waals surface area contributed by atoms with Gasteiger partial charge in [0.15, 0.2) is 0 Å². The zero-order chi connectivity index (χ0) is 14.1. The number of anilines is 1. The number of aromatic nitrogens is 2. The molecule has 1 aliphatic rings. The van der Waals surface area contributed by atoms with E-state index in [1.165, 1.54) is 6.07 Å². The Morgan fingerprint density at radius 2 is 2.25 bits per heavy atom. The van der Waals surface area contributed by atoms with E-state index in [4.69, 9.17) is 0 Å². The number of rotatable bonds is 2. The van der Waals surface area contributed by atoms with Crippen molar-refractivity contribution in [3.05, 3.63) is 47.8 Å². The summed E-state index contributed by atoms with van der Waals surface area (Å²) in [7, 11) is 1.61. The minimum atomic E-state index is -0.420. The van der Waals surface area contributed by atoms with E-state index in [2.05, 4.69) is 10.3 Å². The third kappa shape index (κ3) is 2.03. The Morgan fingerprint density at radius 3 is 3.05 bits per heavy atom. The van der Waals surface area contributed by atoms with Crippen LogP contribution in [-0.4, -0.2) is 34.0 Å². The first-order valence-electron chi connectivity index (χ1n) is 6.46. The van der Waals surface area contributed by atoms with Gasteiger partial charge in [-0.05, 0) is 12.1 Å². The van der Waals surface area contributed by atoms with Crippen LogP contribution in [0.2, 0.25) is 0 Å². The smallest absolute Gasteiger partial charge is 0.256 e. The summed E-state index contributed by atoms with van der Waals surface area (Å²) in [6, 6.07) is 4.53. The Kier molecular flexibility index (Phi) is 3.14.